The van der Waals surface area contributed by atoms with E-state index in [-0.39, 0.29) is 5.11 Å². The maximum atomic E-state index is 5.41. The highest BCUT2D eigenvalue weighted by Gasteiger charge is 1.97. The Morgan fingerprint density at radius 2 is 2.27 bits per heavy atom. The van der Waals surface area contributed by atoms with Crippen LogP contribution in [0.25, 0.3) is 0 Å². The van der Waals surface area contributed by atoms with Crippen LogP contribution < -0.4 is 11.6 Å². The molecular weight excluding hydrogens is 162 g/mol. The molecule has 0 fully saturated rings. The normalized spacial score (nSPS) is 9.64. The Morgan fingerprint density at radius 3 is 2.73 bits per heavy atom. The van der Waals surface area contributed by atoms with Crippen molar-refractivity contribution in [3.8, 4) is 0 Å². The third-order valence-electron chi connectivity index (χ3n) is 1.17. The summed E-state index contributed by atoms with van der Waals surface area (Å²) in [7, 11) is 0. The zero-order chi connectivity index (χ0) is 8.69. The molecule has 4 N–H and O–H groups in total. The first-order valence-corrected chi connectivity index (χ1v) is 3.98. The lowest BCUT2D eigenvalue weighted by molar-refractivity contribution is 0.139. The number of hydrazine groups is 1. The van der Waals surface area contributed by atoms with Gasteiger partial charge in [0, 0.05) is 19.8 Å². The van der Waals surface area contributed by atoms with Crippen LogP contribution in [0.2, 0.25) is 0 Å². The fraction of sp³-hybridized carbons (Fsp3) is 0.833. The summed E-state index contributed by atoms with van der Waals surface area (Å²) in [5.74, 6) is 5.41. The SMILES string of the molecule is CCOCCCN(N)C(N)=S. The van der Waals surface area contributed by atoms with Crippen LogP contribution >= 0.6 is 12.2 Å². The highest BCUT2D eigenvalue weighted by atomic mass is 32.1. The third-order valence-corrected chi connectivity index (χ3v) is 1.41. The molecule has 0 aromatic heterocycles. The Labute approximate surface area is 72.4 Å². The zero-order valence-electron chi connectivity index (χ0n) is 6.75. The predicted molar refractivity (Wildman–Crippen MR) is 48.8 cm³/mol. The van der Waals surface area contributed by atoms with Gasteiger partial charge in [-0.25, -0.2) is 5.84 Å². The molecule has 5 heteroatoms. The van der Waals surface area contributed by atoms with Crippen molar-refractivity contribution in [3.05, 3.63) is 0 Å². The summed E-state index contributed by atoms with van der Waals surface area (Å²) in [6.45, 7) is 4.04. The van der Waals surface area contributed by atoms with Gasteiger partial charge in [0.15, 0.2) is 5.11 Å². The van der Waals surface area contributed by atoms with Crippen molar-refractivity contribution in [1.82, 2.24) is 5.01 Å². The molecule has 0 saturated carbocycles. The summed E-state index contributed by atoms with van der Waals surface area (Å²) >= 11 is 4.63. The van der Waals surface area contributed by atoms with Crippen LogP contribution in [0.4, 0.5) is 0 Å². The van der Waals surface area contributed by atoms with E-state index in [1.807, 2.05) is 6.92 Å². The van der Waals surface area contributed by atoms with Gasteiger partial charge in [0.2, 0.25) is 0 Å². The van der Waals surface area contributed by atoms with E-state index >= 15 is 0 Å². The van der Waals surface area contributed by atoms with E-state index in [0.717, 1.165) is 13.0 Å². The monoisotopic (exact) mass is 177 g/mol. The van der Waals surface area contributed by atoms with Gasteiger partial charge in [-0.15, -0.1) is 0 Å². The fourth-order valence-electron chi connectivity index (χ4n) is 0.591. The largest absolute Gasteiger partial charge is 0.382 e. The van der Waals surface area contributed by atoms with E-state index in [1.165, 1.54) is 5.01 Å². The van der Waals surface area contributed by atoms with Crippen molar-refractivity contribution < 1.29 is 4.74 Å². The first kappa shape index (κ1) is 10.6. The summed E-state index contributed by atoms with van der Waals surface area (Å²) in [5.41, 5.74) is 5.24. The fourth-order valence-corrected chi connectivity index (χ4v) is 0.683. The van der Waals surface area contributed by atoms with Gasteiger partial charge in [-0.3, -0.25) is 5.01 Å². The molecule has 0 aliphatic rings. The molecule has 4 nitrogen and oxygen atoms in total. The summed E-state index contributed by atoms with van der Waals surface area (Å²) in [6.07, 6.45) is 0.849. The molecule has 0 aliphatic carbocycles. The van der Waals surface area contributed by atoms with Crippen molar-refractivity contribution in [2.24, 2.45) is 11.6 Å². The molecule has 0 rings (SSSR count). The maximum Gasteiger partial charge on any atom is 0.180 e. The molecule has 0 amide bonds. The lowest BCUT2D eigenvalue weighted by Gasteiger charge is -2.15. The molecule has 0 atom stereocenters. The van der Waals surface area contributed by atoms with Crippen LogP contribution in [0.15, 0.2) is 0 Å². The highest BCUT2D eigenvalue weighted by Crippen LogP contribution is 1.85. The molecule has 0 aromatic rings. The summed E-state index contributed by atoms with van der Waals surface area (Å²) < 4.78 is 5.10. The van der Waals surface area contributed by atoms with Gasteiger partial charge in [-0.1, -0.05) is 0 Å². The van der Waals surface area contributed by atoms with Gasteiger partial charge in [0.25, 0.3) is 0 Å². The molecule has 0 aliphatic heterocycles. The molecule has 0 aromatic carbocycles. The van der Waals surface area contributed by atoms with Crippen LogP contribution in [0.1, 0.15) is 13.3 Å². The number of ether oxygens (including phenoxy) is 1. The molecule has 0 radical (unpaired) electrons. The summed E-state index contributed by atoms with van der Waals surface area (Å²) in [5, 5.41) is 1.57. The molecule has 0 spiro atoms. The smallest absolute Gasteiger partial charge is 0.180 e. The Balaban J connectivity index is 3.17. The van der Waals surface area contributed by atoms with Crippen LogP contribution in [-0.4, -0.2) is 29.9 Å². The van der Waals surface area contributed by atoms with Crippen molar-refractivity contribution in [1.29, 1.82) is 0 Å². The number of hydrogen-bond donors (Lipinski definition) is 2. The second kappa shape index (κ2) is 6.33. The number of nitrogens with zero attached hydrogens (tertiary/aromatic N) is 1. The molecule has 66 valence electrons. The standard InChI is InChI=1S/C6H15N3OS/c1-2-10-5-3-4-9(8)6(7)11/h2-5,8H2,1H3,(H2,7,11). The van der Waals surface area contributed by atoms with Gasteiger partial charge < -0.3 is 10.5 Å². The Morgan fingerprint density at radius 1 is 1.64 bits per heavy atom. The van der Waals surface area contributed by atoms with Crippen LogP contribution in [0, 0.1) is 0 Å². The first-order valence-electron chi connectivity index (χ1n) is 3.58. The van der Waals surface area contributed by atoms with E-state index in [4.69, 9.17) is 16.3 Å². The van der Waals surface area contributed by atoms with Crippen LogP contribution in [0.5, 0.6) is 0 Å². The van der Waals surface area contributed by atoms with Crippen molar-refractivity contribution in [2.45, 2.75) is 13.3 Å². The van der Waals surface area contributed by atoms with E-state index < -0.39 is 0 Å². The Hall–Kier alpha value is -0.390. The second-order valence-electron chi connectivity index (χ2n) is 2.08. The van der Waals surface area contributed by atoms with E-state index in [0.29, 0.717) is 13.2 Å². The minimum absolute atomic E-state index is 0.224. The van der Waals surface area contributed by atoms with Crippen LogP contribution in [0.3, 0.4) is 0 Å². The highest BCUT2D eigenvalue weighted by molar-refractivity contribution is 7.80. The number of thiocarbonyl (C=S) groups is 1. The van der Waals surface area contributed by atoms with E-state index in [9.17, 15) is 0 Å². The topological polar surface area (TPSA) is 64.5 Å². The molecule has 0 bridgehead atoms. The maximum absolute atomic E-state index is 5.41. The first-order chi connectivity index (χ1) is 5.18. The van der Waals surface area contributed by atoms with Crippen molar-refractivity contribution >= 4 is 17.3 Å². The summed E-state index contributed by atoms with van der Waals surface area (Å²) in [6, 6.07) is 0. The van der Waals surface area contributed by atoms with Gasteiger partial charge in [-0.05, 0) is 25.6 Å². The molecule has 0 heterocycles. The Kier molecular flexibility index (Phi) is 6.10. The second-order valence-corrected chi connectivity index (χ2v) is 2.50. The quantitative estimate of drug-likeness (QED) is 0.264. The van der Waals surface area contributed by atoms with Crippen LogP contribution in [-0.2, 0) is 4.74 Å². The summed E-state index contributed by atoms with van der Waals surface area (Å²) in [4.78, 5) is 0. The molecule has 0 unspecified atom stereocenters. The van der Waals surface area contributed by atoms with Crippen molar-refractivity contribution in [3.63, 3.8) is 0 Å². The average molecular weight is 177 g/mol. The number of hydrogen-bond acceptors (Lipinski definition) is 3. The van der Waals surface area contributed by atoms with Gasteiger partial charge >= 0.3 is 0 Å². The van der Waals surface area contributed by atoms with Gasteiger partial charge in [-0.2, -0.15) is 0 Å². The van der Waals surface area contributed by atoms with Gasteiger partial charge in [0.1, 0.15) is 0 Å². The molecule has 0 saturated heterocycles. The van der Waals surface area contributed by atoms with Crippen molar-refractivity contribution in [2.75, 3.05) is 19.8 Å². The Bertz CT molecular complexity index is 120. The number of nitrogens with two attached hydrogens (primary N) is 2. The average Bonchev–Trinajstić information content (AvgIpc) is 1.97. The lowest BCUT2D eigenvalue weighted by Crippen LogP contribution is -2.42. The number of rotatable bonds is 5. The zero-order valence-corrected chi connectivity index (χ0v) is 7.56. The molecular formula is C6H15N3OS. The predicted octanol–water partition coefficient (Wildman–Crippen LogP) is -0.168. The minimum Gasteiger partial charge on any atom is -0.382 e. The van der Waals surface area contributed by atoms with E-state index in [2.05, 4.69) is 12.2 Å². The van der Waals surface area contributed by atoms with E-state index in [1.54, 1.807) is 0 Å². The molecule has 11 heavy (non-hydrogen) atoms. The lowest BCUT2D eigenvalue weighted by atomic mass is 10.4. The minimum atomic E-state index is 0.224. The third kappa shape index (κ3) is 6.03. The van der Waals surface area contributed by atoms with Gasteiger partial charge in [0.05, 0.1) is 0 Å².